The van der Waals surface area contributed by atoms with Gasteiger partial charge >= 0.3 is 0 Å². The lowest BCUT2D eigenvalue weighted by Crippen LogP contribution is -2.29. The van der Waals surface area contributed by atoms with Crippen LogP contribution in [0.25, 0.3) is 60.1 Å². The summed E-state index contributed by atoms with van der Waals surface area (Å²) in [4.78, 5) is 0. The van der Waals surface area contributed by atoms with Crippen molar-refractivity contribution in [3.63, 3.8) is 0 Å². The normalized spacial score (nSPS) is 18.5. The lowest BCUT2D eigenvalue weighted by atomic mass is 9.79. The number of para-hydroxylation sites is 1. The standard InChI is InChI=1S/C36H33N2/c1-22-12-15-24(16-13-22)27-20-26-18-19-37(3)36-32-23(2)14-17-30-29-11-7-10-28(25-8-5-4-6-9-25)34(29)38(35(30)32)31(21-27)33(26)36/h4-11,14,17-22,24H,12-13,15-16H2,1-3H3/q+1. The van der Waals surface area contributed by atoms with E-state index in [0.29, 0.717) is 5.92 Å². The van der Waals surface area contributed by atoms with Crippen molar-refractivity contribution in [3.8, 4) is 11.1 Å². The highest BCUT2D eigenvalue weighted by molar-refractivity contribution is 6.27. The SMILES string of the molecule is Cc1ccc2c3cccc(-c4ccccc4)c3n3c4cc(C5CCC(C)CC5)cc5cc[n+](C)c(c1c23)c54. The molecule has 0 bridgehead atoms. The summed E-state index contributed by atoms with van der Waals surface area (Å²) in [6, 6.07) is 29.8. The smallest absolute Gasteiger partial charge is 0.224 e. The molecule has 1 fully saturated rings. The average molecular weight is 494 g/mol. The Hall–Kier alpha value is -3.91. The van der Waals surface area contributed by atoms with Crippen LogP contribution < -0.4 is 4.57 Å². The van der Waals surface area contributed by atoms with Crippen LogP contribution in [0.3, 0.4) is 0 Å². The van der Waals surface area contributed by atoms with Gasteiger partial charge in [0.2, 0.25) is 5.52 Å². The number of aromatic nitrogens is 2. The Morgan fingerprint density at radius 3 is 2.37 bits per heavy atom. The fraction of sp³-hybridized carbons (Fsp3) is 0.250. The van der Waals surface area contributed by atoms with Gasteiger partial charge in [0, 0.05) is 22.4 Å². The van der Waals surface area contributed by atoms with Gasteiger partial charge in [-0.15, -0.1) is 0 Å². The molecule has 0 unspecified atom stereocenters. The van der Waals surface area contributed by atoms with E-state index in [1.54, 1.807) is 0 Å². The number of hydrogen-bond acceptors (Lipinski definition) is 0. The molecule has 0 aliphatic heterocycles. The summed E-state index contributed by atoms with van der Waals surface area (Å²) >= 11 is 0. The van der Waals surface area contributed by atoms with Crippen molar-refractivity contribution in [1.82, 2.24) is 4.40 Å². The van der Waals surface area contributed by atoms with Crippen LogP contribution in [-0.4, -0.2) is 4.40 Å². The van der Waals surface area contributed by atoms with Gasteiger partial charge in [-0.05, 0) is 59.7 Å². The van der Waals surface area contributed by atoms with Crippen molar-refractivity contribution in [2.75, 3.05) is 0 Å². The second kappa shape index (κ2) is 8.04. The highest BCUT2D eigenvalue weighted by Crippen LogP contribution is 2.45. The minimum atomic E-state index is 0.647. The monoisotopic (exact) mass is 493 g/mol. The molecule has 0 N–H and O–H groups in total. The molecule has 1 aliphatic rings. The molecule has 8 rings (SSSR count). The number of nitrogens with zero attached hydrogens (tertiary/aromatic N) is 2. The fourth-order valence-electron chi connectivity index (χ4n) is 7.46. The maximum absolute atomic E-state index is 2.62. The van der Waals surface area contributed by atoms with Crippen LogP contribution in [0.15, 0.2) is 85.1 Å². The lowest BCUT2D eigenvalue weighted by Gasteiger charge is -2.27. The molecule has 0 radical (unpaired) electrons. The van der Waals surface area contributed by atoms with Gasteiger partial charge in [0.05, 0.1) is 27.3 Å². The number of pyridine rings is 2. The van der Waals surface area contributed by atoms with Crippen LogP contribution in [-0.2, 0) is 7.05 Å². The maximum Gasteiger partial charge on any atom is 0.224 e. The first-order valence-corrected chi connectivity index (χ1v) is 14.2. The topological polar surface area (TPSA) is 8.29 Å². The Morgan fingerprint density at radius 1 is 0.763 bits per heavy atom. The molecule has 3 aromatic heterocycles. The second-order valence-corrected chi connectivity index (χ2v) is 11.8. The largest absolute Gasteiger partial charge is 0.307 e. The first kappa shape index (κ1) is 22.1. The zero-order chi connectivity index (χ0) is 25.5. The van der Waals surface area contributed by atoms with Crippen molar-refractivity contribution < 1.29 is 4.57 Å². The van der Waals surface area contributed by atoms with Gasteiger partial charge in [-0.3, -0.25) is 0 Å². The van der Waals surface area contributed by atoms with Crippen LogP contribution in [0.4, 0.5) is 0 Å². The number of rotatable bonds is 2. The number of benzene rings is 4. The zero-order valence-electron chi connectivity index (χ0n) is 22.5. The van der Waals surface area contributed by atoms with E-state index < -0.39 is 0 Å². The molecule has 0 spiro atoms. The Bertz CT molecular complexity index is 2000. The molecule has 0 atom stereocenters. The van der Waals surface area contributed by atoms with Crippen molar-refractivity contribution in [2.45, 2.75) is 45.4 Å². The molecule has 4 aromatic carbocycles. The second-order valence-electron chi connectivity index (χ2n) is 11.8. The highest BCUT2D eigenvalue weighted by atomic mass is 15.0. The third kappa shape index (κ3) is 2.98. The summed E-state index contributed by atoms with van der Waals surface area (Å²) in [7, 11) is 2.21. The molecule has 7 aromatic rings. The molecule has 38 heavy (non-hydrogen) atoms. The van der Waals surface area contributed by atoms with Gasteiger partial charge in [-0.2, -0.15) is 0 Å². The van der Waals surface area contributed by atoms with Crippen LogP contribution >= 0.6 is 0 Å². The van der Waals surface area contributed by atoms with Crippen LogP contribution in [0.2, 0.25) is 0 Å². The highest BCUT2D eigenvalue weighted by Gasteiger charge is 2.27. The van der Waals surface area contributed by atoms with E-state index in [4.69, 9.17) is 0 Å². The number of hydrogen-bond donors (Lipinski definition) is 0. The quantitative estimate of drug-likeness (QED) is 0.129. The summed E-state index contributed by atoms with van der Waals surface area (Å²) < 4.78 is 4.97. The molecule has 2 heteroatoms. The van der Waals surface area contributed by atoms with E-state index in [9.17, 15) is 0 Å². The summed E-state index contributed by atoms with van der Waals surface area (Å²) in [5.74, 6) is 1.50. The van der Waals surface area contributed by atoms with E-state index in [1.165, 1.54) is 96.9 Å². The summed E-state index contributed by atoms with van der Waals surface area (Å²) in [6.45, 7) is 4.69. The molecule has 0 saturated heterocycles. The van der Waals surface area contributed by atoms with Crippen molar-refractivity contribution in [1.29, 1.82) is 0 Å². The predicted octanol–water partition coefficient (Wildman–Crippen LogP) is 9.08. The van der Waals surface area contributed by atoms with Crippen LogP contribution in [0, 0.1) is 12.8 Å². The third-order valence-corrected chi connectivity index (χ3v) is 9.45. The third-order valence-electron chi connectivity index (χ3n) is 9.45. The molecule has 3 heterocycles. The van der Waals surface area contributed by atoms with Crippen molar-refractivity contribution in [3.05, 3.63) is 96.2 Å². The lowest BCUT2D eigenvalue weighted by molar-refractivity contribution is -0.643. The Kier molecular flexibility index (Phi) is 4.68. The van der Waals surface area contributed by atoms with Gasteiger partial charge in [0.25, 0.3) is 0 Å². The average Bonchev–Trinajstić information content (AvgIpc) is 3.29. The number of aryl methyl sites for hydroxylation is 2. The minimum Gasteiger partial charge on any atom is -0.307 e. The fourth-order valence-corrected chi connectivity index (χ4v) is 7.46. The molecular formula is C36H33N2+. The summed E-state index contributed by atoms with van der Waals surface area (Å²) in [6.07, 6.45) is 7.53. The van der Waals surface area contributed by atoms with Crippen molar-refractivity contribution in [2.24, 2.45) is 13.0 Å². The Labute approximate surface area is 223 Å². The summed E-state index contributed by atoms with van der Waals surface area (Å²) in [5, 5.41) is 6.80. The van der Waals surface area contributed by atoms with E-state index in [0.717, 1.165) is 5.92 Å². The van der Waals surface area contributed by atoms with E-state index >= 15 is 0 Å². The summed E-state index contributed by atoms with van der Waals surface area (Å²) in [5.41, 5.74) is 10.8. The maximum atomic E-state index is 2.62. The van der Waals surface area contributed by atoms with E-state index in [-0.39, 0.29) is 0 Å². The van der Waals surface area contributed by atoms with Gasteiger partial charge in [0.1, 0.15) is 7.05 Å². The Morgan fingerprint density at radius 2 is 1.55 bits per heavy atom. The van der Waals surface area contributed by atoms with Crippen LogP contribution in [0.1, 0.15) is 49.7 Å². The molecule has 1 aliphatic carbocycles. The molecule has 2 nitrogen and oxygen atoms in total. The molecule has 0 amide bonds. The van der Waals surface area contributed by atoms with Crippen molar-refractivity contribution >= 4 is 49.0 Å². The van der Waals surface area contributed by atoms with Crippen LogP contribution in [0.5, 0.6) is 0 Å². The Balaban J connectivity index is 1.62. The number of fused-ring (bicyclic) bond motifs is 5. The first-order chi connectivity index (χ1) is 18.6. The van der Waals surface area contributed by atoms with Gasteiger partial charge in [-0.25, -0.2) is 4.57 Å². The van der Waals surface area contributed by atoms with E-state index in [2.05, 4.69) is 115 Å². The molecule has 1 saturated carbocycles. The minimum absolute atomic E-state index is 0.647. The van der Waals surface area contributed by atoms with Gasteiger partial charge in [0.15, 0.2) is 6.20 Å². The van der Waals surface area contributed by atoms with Gasteiger partial charge in [-0.1, -0.05) is 86.5 Å². The van der Waals surface area contributed by atoms with Gasteiger partial charge < -0.3 is 4.40 Å². The molecular weight excluding hydrogens is 460 g/mol. The van der Waals surface area contributed by atoms with E-state index in [1.807, 2.05) is 0 Å². The zero-order valence-corrected chi connectivity index (χ0v) is 22.5. The molecule has 186 valence electrons. The first-order valence-electron chi connectivity index (χ1n) is 14.2. The predicted molar refractivity (Wildman–Crippen MR) is 160 cm³/mol.